The second-order valence-corrected chi connectivity index (χ2v) is 5.70. The third-order valence-electron chi connectivity index (χ3n) is 3.59. The van der Waals surface area contributed by atoms with E-state index in [2.05, 4.69) is 31.1 Å². The van der Waals surface area contributed by atoms with E-state index in [-0.39, 0.29) is 11.9 Å². The van der Waals surface area contributed by atoms with Gasteiger partial charge in [-0.1, -0.05) is 6.92 Å². The minimum absolute atomic E-state index is 0.0764. The molecule has 1 rings (SSSR count). The Kier molecular flexibility index (Phi) is 6.75. The molecule has 1 aromatic carbocycles. The van der Waals surface area contributed by atoms with Crippen LogP contribution in [-0.2, 0) is 0 Å². The van der Waals surface area contributed by atoms with Gasteiger partial charge in [0, 0.05) is 31.3 Å². The van der Waals surface area contributed by atoms with E-state index in [0.29, 0.717) is 17.4 Å². The lowest BCUT2D eigenvalue weighted by atomic mass is 10.2. The fourth-order valence-corrected chi connectivity index (χ4v) is 1.97. The van der Waals surface area contributed by atoms with Gasteiger partial charge in [-0.05, 0) is 34.2 Å². The fourth-order valence-electron chi connectivity index (χ4n) is 1.97. The number of ether oxygens (including phenoxy) is 1. The number of nitrogens with one attached hydrogen (secondary N) is 1. The molecule has 4 nitrogen and oxygen atoms in total. The third-order valence-corrected chi connectivity index (χ3v) is 3.59. The molecule has 0 aliphatic carbocycles. The van der Waals surface area contributed by atoms with Gasteiger partial charge in [0.05, 0.1) is 17.5 Å². The molecule has 0 spiro atoms. The van der Waals surface area contributed by atoms with Crippen molar-refractivity contribution in [1.29, 1.82) is 0 Å². The van der Waals surface area contributed by atoms with Crippen molar-refractivity contribution >= 4 is 11.4 Å². The Labute approximate surface area is 127 Å². The Morgan fingerprint density at radius 2 is 2.00 bits per heavy atom. The second-order valence-electron chi connectivity index (χ2n) is 5.70. The number of nitrogens with zero attached hydrogens (tertiary/aromatic N) is 1. The number of benzene rings is 1. The second kappa shape index (κ2) is 8.08. The van der Waals surface area contributed by atoms with Crippen LogP contribution in [0.3, 0.4) is 0 Å². The smallest absolute Gasteiger partial charge is 0.167 e. The molecule has 0 radical (unpaired) electrons. The zero-order valence-corrected chi connectivity index (χ0v) is 13.7. The van der Waals surface area contributed by atoms with E-state index in [1.54, 1.807) is 6.07 Å². The lowest BCUT2D eigenvalue weighted by molar-refractivity contribution is 0.231. The molecule has 0 aliphatic heterocycles. The maximum atomic E-state index is 13.8. The van der Waals surface area contributed by atoms with Crippen molar-refractivity contribution in [2.45, 2.75) is 46.3 Å². The topological polar surface area (TPSA) is 50.5 Å². The molecular weight excluding hydrogens is 269 g/mol. The molecule has 5 heteroatoms. The van der Waals surface area contributed by atoms with Crippen LogP contribution in [0.1, 0.15) is 34.1 Å². The molecule has 120 valence electrons. The molecule has 0 saturated heterocycles. The molecule has 0 bridgehead atoms. The summed E-state index contributed by atoms with van der Waals surface area (Å²) in [6.45, 7) is 9.74. The summed E-state index contributed by atoms with van der Waals surface area (Å²) in [5.41, 5.74) is 6.96. The average Bonchev–Trinajstić information content (AvgIpc) is 2.42. The maximum Gasteiger partial charge on any atom is 0.167 e. The largest absolute Gasteiger partial charge is 0.488 e. The van der Waals surface area contributed by atoms with Gasteiger partial charge in [-0.25, -0.2) is 4.39 Å². The number of likely N-dealkylation sites (N-methyl/N-ethyl adjacent to an activating group) is 1. The molecule has 0 saturated carbocycles. The van der Waals surface area contributed by atoms with E-state index in [4.69, 9.17) is 10.5 Å². The predicted octanol–water partition coefficient (Wildman–Crippen LogP) is 3.34. The van der Waals surface area contributed by atoms with Crippen LogP contribution >= 0.6 is 0 Å². The number of hydrogen-bond donors (Lipinski definition) is 2. The molecule has 1 atom stereocenters. The van der Waals surface area contributed by atoms with Gasteiger partial charge in [-0.3, -0.25) is 0 Å². The van der Waals surface area contributed by atoms with E-state index in [1.165, 1.54) is 6.07 Å². The first-order valence-corrected chi connectivity index (χ1v) is 7.54. The zero-order valence-electron chi connectivity index (χ0n) is 13.7. The van der Waals surface area contributed by atoms with Crippen LogP contribution in [0.5, 0.6) is 5.75 Å². The van der Waals surface area contributed by atoms with Crippen LogP contribution in [0.2, 0.25) is 0 Å². The molecule has 0 amide bonds. The van der Waals surface area contributed by atoms with Crippen molar-refractivity contribution in [2.75, 3.05) is 31.2 Å². The number of nitrogen functional groups attached to an aromatic ring is 1. The first kappa shape index (κ1) is 17.6. The van der Waals surface area contributed by atoms with Gasteiger partial charge >= 0.3 is 0 Å². The summed E-state index contributed by atoms with van der Waals surface area (Å²) in [6, 6.07) is 3.48. The van der Waals surface area contributed by atoms with Crippen molar-refractivity contribution in [3.63, 3.8) is 0 Å². The first-order valence-electron chi connectivity index (χ1n) is 7.54. The summed E-state index contributed by atoms with van der Waals surface area (Å²) < 4.78 is 19.2. The van der Waals surface area contributed by atoms with Crippen molar-refractivity contribution < 1.29 is 9.13 Å². The van der Waals surface area contributed by atoms with Crippen LogP contribution in [0.15, 0.2) is 12.1 Å². The highest BCUT2D eigenvalue weighted by Gasteiger charge is 2.11. The average molecular weight is 297 g/mol. The van der Waals surface area contributed by atoms with E-state index in [9.17, 15) is 4.39 Å². The number of rotatable bonds is 8. The Morgan fingerprint density at radius 3 is 2.57 bits per heavy atom. The van der Waals surface area contributed by atoms with E-state index in [0.717, 1.165) is 19.5 Å². The number of nitrogens with two attached hydrogens (primary N) is 1. The van der Waals surface area contributed by atoms with Gasteiger partial charge in [0.15, 0.2) is 11.6 Å². The monoisotopic (exact) mass is 297 g/mol. The zero-order chi connectivity index (χ0) is 16.0. The lowest BCUT2D eigenvalue weighted by Crippen LogP contribution is -2.32. The molecule has 1 unspecified atom stereocenters. The van der Waals surface area contributed by atoms with Crippen molar-refractivity contribution in [2.24, 2.45) is 0 Å². The van der Waals surface area contributed by atoms with Crippen LogP contribution in [-0.4, -0.2) is 37.2 Å². The van der Waals surface area contributed by atoms with Crippen LogP contribution in [0.4, 0.5) is 15.8 Å². The highest BCUT2D eigenvalue weighted by molar-refractivity contribution is 5.68. The standard InChI is InChI=1S/C16H28FN3O/c1-6-12(4)20(5)8-7-19-15-10-16(21-11(2)3)13(17)9-14(15)18/h9-12,19H,6-8,18H2,1-5H3. The molecule has 21 heavy (non-hydrogen) atoms. The minimum Gasteiger partial charge on any atom is -0.488 e. The lowest BCUT2D eigenvalue weighted by Gasteiger charge is -2.24. The van der Waals surface area contributed by atoms with E-state index in [1.807, 2.05) is 13.8 Å². The van der Waals surface area contributed by atoms with Gasteiger partial charge in [-0.15, -0.1) is 0 Å². The molecule has 3 N–H and O–H groups in total. The van der Waals surface area contributed by atoms with E-state index < -0.39 is 5.82 Å². The minimum atomic E-state index is -0.427. The first-order chi connectivity index (χ1) is 9.85. The Bertz CT molecular complexity index is 451. The van der Waals surface area contributed by atoms with Gasteiger partial charge in [-0.2, -0.15) is 0 Å². The van der Waals surface area contributed by atoms with E-state index >= 15 is 0 Å². The van der Waals surface area contributed by atoms with Gasteiger partial charge in [0.25, 0.3) is 0 Å². The summed E-state index contributed by atoms with van der Waals surface area (Å²) in [6.07, 6.45) is 1.04. The van der Waals surface area contributed by atoms with Gasteiger partial charge < -0.3 is 20.7 Å². The van der Waals surface area contributed by atoms with Crippen molar-refractivity contribution in [3.05, 3.63) is 17.9 Å². The van der Waals surface area contributed by atoms with Gasteiger partial charge in [0.1, 0.15) is 0 Å². The van der Waals surface area contributed by atoms with Gasteiger partial charge in [0.2, 0.25) is 0 Å². The molecule has 0 aliphatic rings. The normalized spacial score (nSPS) is 12.8. The number of hydrogen-bond acceptors (Lipinski definition) is 4. The molecular formula is C16H28FN3O. The highest BCUT2D eigenvalue weighted by atomic mass is 19.1. The van der Waals surface area contributed by atoms with Crippen molar-refractivity contribution in [1.82, 2.24) is 4.90 Å². The summed E-state index contributed by atoms with van der Waals surface area (Å²) in [5, 5.41) is 3.25. The third kappa shape index (κ3) is 5.42. The SMILES string of the molecule is CCC(C)N(C)CCNc1cc(OC(C)C)c(F)cc1N. The maximum absolute atomic E-state index is 13.8. The molecule has 1 aromatic rings. The summed E-state index contributed by atoms with van der Waals surface area (Å²) in [7, 11) is 2.09. The summed E-state index contributed by atoms with van der Waals surface area (Å²) >= 11 is 0. The van der Waals surface area contributed by atoms with Crippen LogP contribution < -0.4 is 15.8 Å². The fraction of sp³-hybridized carbons (Fsp3) is 0.625. The van der Waals surface area contributed by atoms with Crippen LogP contribution in [0, 0.1) is 5.82 Å². The quantitative estimate of drug-likeness (QED) is 0.723. The van der Waals surface area contributed by atoms with Crippen LogP contribution in [0.25, 0.3) is 0 Å². The predicted molar refractivity (Wildman–Crippen MR) is 87.4 cm³/mol. The molecule has 0 heterocycles. The summed E-state index contributed by atoms with van der Waals surface area (Å²) in [5.74, 6) is -0.194. The molecule has 0 fully saturated rings. The Balaban J connectivity index is 2.66. The summed E-state index contributed by atoms with van der Waals surface area (Å²) in [4.78, 5) is 2.28. The highest BCUT2D eigenvalue weighted by Crippen LogP contribution is 2.28. The Morgan fingerprint density at radius 1 is 1.33 bits per heavy atom. The van der Waals surface area contributed by atoms with Crippen molar-refractivity contribution in [3.8, 4) is 5.75 Å². The number of halogens is 1. The number of anilines is 2. The Hall–Kier alpha value is -1.49. The molecule has 0 aromatic heterocycles.